The van der Waals surface area contributed by atoms with Crippen LogP contribution in [-0.2, 0) is 10.3 Å². The van der Waals surface area contributed by atoms with E-state index in [-0.39, 0.29) is 0 Å². The van der Waals surface area contributed by atoms with Gasteiger partial charge in [-0.25, -0.2) is 0 Å². The molecule has 4 N–H and O–H groups in total. The number of hydrogen-bond donors (Lipinski definition) is 2. The Morgan fingerprint density at radius 1 is 1.19 bits per heavy atom. The molecule has 4 nitrogen and oxygen atoms in total. The lowest BCUT2D eigenvalue weighted by Gasteiger charge is -2.26. The summed E-state index contributed by atoms with van der Waals surface area (Å²) in [6, 6.07) is 16.8. The average molecular weight is 302 g/mol. The minimum atomic E-state index is -1.20. The molecule has 1 amide bonds. The summed E-state index contributed by atoms with van der Waals surface area (Å²) in [6.07, 6.45) is 0. The SMILES string of the molecule is COc1cccc(SCC(N)(C(N)=O)c2ccccc2)c1. The van der Waals surface area contributed by atoms with E-state index in [2.05, 4.69) is 0 Å². The van der Waals surface area contributed by atoms with Crippen LogP contribution >= 0.6 is 11.8 Å². The second kappa shape index (κ2) is 6.65. The Morgan fingerprint density at radius 2 is 1.90 bits per heavy atom. The van der Waals surface area contributed by atoms with Gasteiger partial charge < -0.3 is 16.2 Å². The highest BCUT2D eigenvalue weighted by atomic mass is 32.2. The van der Waals surface area contributed by atoms with Gasteiger partial charge in [-0.15, -0.1) is 11.8 Å². The highest BCUT2D eigenvalue weighted by Gasteiger charge is 2.34. The molecule has 0 aliphatic heterocycles. The van der Waals surface area contributed by atoms with Crippen LogP contribution in [-0.4, -0.2) is 18.8 Å². The summed E-state index contributed by atoms with van der Waals surface area (Å²) in [5, 5.41) is 0. The van der Waals surface area contributed by atoms with Crippen LogP contribution < -0.4 is 16.2 Å². The maximum Gasteiger partial charge on any atom is 0.243 e. The van der Waals surface area contributed by atoms with Gasteiger partial charge in [0, 0.05) is 10.6 Å². The van der Waals surface area contributed by atoms with E-state index in [9.17, 15) is 4.79 Å². The molecular weight excluding hydrogens is 284 g/mol. The largest absolute Gasteiger partial charge is 0.497 e. The molecule has 5 heteroatoms. The lowest BCUT2D eigenvalue weighted by molar-refractivity contribution is -0.122. The Morgan fingerprint density at radius 3 is 2.52 bits per heavy atom. The smallest absolute Gasteiger partial charge is 0.243 e. The molecule has 0 radical (unpaired) electrons. The van der Waals surface area contributed by atoms with Crippen LogP contribution in [0.2, 0.25) is 0 Å². The van der Waals surface area contributed by atoms with E-state index in [1.54, 1.807) is 7.11 Å². The molecule has 0 aliphatic carbocycles. The molecule has 0 aromatic heterocycles. The van der Waals surface area contributed by atoms with Gasteiger partial charge in [-0.2, -0.15) is 0 Å². The fourth-order valence-electron chi connectivity index (χ4n) is 1.92. The second-order valence-electron chi connectivity index (χ2n) is 4.67. The van der Waals surface area contributed by atoms with Crippen molar-refractivity contribution in [3.8, 4) is 5.75 Å². The molecule has 1 unspecified atom stereocenters. The Labute approximate surface area is 128 Å². The lowest BCUT2D eigenvalue weighted by Crippen LogP contribution is -2.51. The van der Waals surface area contributed by atoms with E-state index in [0.29, 0.717) is 11.3 Å². The molecule has 0 saturated heterocycles. The zero-order valence-electron chi connectivity index (χ0n) is 11.8. The first-order chi connectivity index (χ1) is 10.1. The van der Waals surface area contributed by atoms with Gasteiger partial charge in [-0.1, -0.05) is 36.4 Å². The monoisotopic (exact) mass is 302 g/mol. The van der Waals surface area contributed by atoms with E-state index in [1.807, 2.05) is 54.6 Å². The molecular formula is C16H18N2O2S. The van der Waals surface area contributed by atoms with Gasteiger partial charge in [-0.05, 0) is 23.8 Å². The molecule has 2 aromatic carbocycles. The van der Waals surface area contributed by atoms with Gasteiger partial charge >= 0.3 is 0 Å². The third-order valence-electron chi connectivity index (χ3n) is 3.24. The zero-order valence-corrected chi connectivity index (χ0v) is 12.6. The molecule has 2 rings (SSSR count). The minimum Gasteiger partial charge on any atom is -0.497 e. The van der Waals surface area contributed by atoms with Crippen LogP contribution in [0.15, 0.2) is 59.5 Å². The van der Waals surface area contributed by atoms with Crippen molar-refractivity contribution in [2.75, 3.05) is 12.9 Å². The predicted octanol–water partition coefficient (Wildman–Crippen LogP) is 2.13. The summed E-state index contributed by atoms with van der Waals surface area (Å²) < 4.78 is 5.18. The molecule has 0 spiro atoms. The van der Waals surface area contributed by atoms with Crippen LogP contribution in [0.4, 0.5) is 0 Å². The number of benzene rings is 2. The van der Waals surface area contributed by atoms with Crippen molar-refractivity contribution in [3.63, 3.8) is 0 Å². The maximum absolute atomic E-state index is 11.8. The molecule has 0 saturated carbocycles. The molecule has 110 valence electrons. The zero-order chi connectivity index (χ0) is 15.3. The number of thioether (sulfide) groups is 1. The summed E-state index contributed by atoms with van der Waals surface area (Å²) in [6.45, 7) is 0. The van der Waals surface area contributed by atoms with Crippen molar-refractivity contribution in [2.24, 2.45) is 11.5 Å². The summed E-state index contributed by atoms with van der Waals surface area (Å²) in [4.78, 5) is 12.8. The highest BCUT2D eigenvalue weighted by molar-refractivity contribution is 7.99. The number of carbonyl (C=O) groups excluding carboxylic acids is 1. The number of primary amides is 1. The van der Waals surface area contributed by atoms with Gasteiger partial charge in [0.25, 0.3) is 0 Å². The lowest BCUT2D eigenvalue weighted by atomic mass is 9.92. The quantitative estimate of drug-likeness (QED) is 0.801. The van der Waals surface area contributed by atoms with Gasteiger partial charge in [0.1, 0.15) is 11.3 Å². The minimum absolute atomic E-state index is 0.361. The fraction of sp³-hybridized carbons (Fsp3) is 0.188. The summed E-state index contributed by atoms with van der Waals surface area (Å²) in [7, 11) is 1.62. The Hall–Kier alpha value is -1.98. The number of rotatable bonds is 6. The van der Waals surface area contributed by atoms with Crippen LogP contribution in [0.25, 0.3) is 0 Å². The Balaban J connectivity index is 2.19. The van der Waals surface area contributed by atoms with Crippen LogP contribution in [0, 0.1) is 0 Å². The third kappa shape index (κ3) is 3.56. The molecule has 0 heterocycles. The fourth-order valence-corrected chi connectivity index (χ4v) is 3.00. The van der Waals surface area contributed by atoms with Crippen molar-refractivity contribution in [1.29, 1.82) is 0 Å². The van der Waals surface area contributed by atoms with E-state index in [0.717, 1.165) is 10.6 Å². The standard InChI is InChI=1S/C16H18N2O2S/c1-20-13-8-5-9-14(10-13)21-11-16(18,15(17)19)12-6-3-2-4-7-12/h2-10H,11,18H2,1H3,(H2,17,19). The van der Waals surface area contributed by atoms with Crippen LogP contribution in [0.3, 0.4) is 0 Å². The van der Waals surface area contributed by atoms with E-state index in [4.69, 9.17) is 16.2 Å². The molecule has 21 heavy (non-hydrogen) atoms. The highest BCUT2D eigenvalue weighted by Crippen LogP contribution is 2.29. The van der Waals surface area contributed by atoms with E-state index < -0.39 is 11.4 Å². The molecule has 1 atom stereocenters. The first-order valence-corrected chi connectivity index (χ1v) is 7.46. The van der Waals surface area contributed by atoms with Crippen molar-refractivity contribution in [3.05, 3.63) is 60.2 Å². The van der Waals surface area contributed by atoms with Gasteiger partial charge in [0.05, 0.1) is 7.11 Å². The topological polar surface area (TPSA) is 78.3 Å². The first-order valence-electron chi connectivity index (χ1n) is 6.47. The summed E-state index contributed by atoms with van der Waals surface area (Å²) in [5.41, 5.74) is 11.3. The molecule has 0 aliphatic rings. The van der Waals surface area contributed by atoms with E-state index in [1.165, 1.54) is 11.8 Å². The Kier molecular flexibility index (Phi) is 4.88. The first kappa shape index (κ1) is 15.4. The summed E-state index contributed by atoms with van der Waals surface area (Å²) in [5.74, 6) is 0.588. The normalized spacial score (nSPS) is 13.4. The predicted molar refractivity (Wildman–Crippen MR) is 85.2 cm³/mol. The molecule has 2 aromatic rings. The second-order valence-corrected chi connectivity index (χ2v) is 5.72. The van der Waals surface area contributed by atoms with Crippen molar-refractivity contribution >= 4 is 17.7 Å². The molecule has 0 fully saturated rings. The average Bonchev–Trinajstić information content (AvgIpc) is 2.53. The van der Waals surface area contributed by atoms with Gasteiger partial charge in [-0.3, -0.25) is 4.79 Å². The third-order valence-corrected chi connectivity index (χ3v) is 4.42. The number of hydrogen-bond acceptors (Lipinski definition) is 4. The maximum atomic E-state index is 11.8. The van der Waals surface area contributed by atoms with Crippen molar-refractivity contribution < 1.29 is 9.53 Å². The number of carbonyl (C=O) groups is 1. The van der Waals surface area contributed by atoms with Gasteiger partial charge in [0.15, 0.2) is 0 Å². The number of methoxy groups -OCH3 is 1. The van der Waals surface area contributed by atoms with Gasteiger partial charge in [0.2, 0.25) is 5.91 Å². The van der Waals surface area contributed by atoms with Crippen molar-refractivity contribution in [2.45, 2.75) is 10.4 Å². The van der Waals surface area contributed by atoms with Crippen LogP contribution in [0.1, 0.15) is 5.56 Å². The number of ether oxygens (including phenoxy) is 1. The summed E-state index contributed by atoms with van der Waals surface area (Å²) >= 11 is 1.47. The van der Waals surface area contributed by atoms with E-state index >= 15 is 0 Å². The number of nitrogens with two attached hydrogens (primary N) is 2. The van der Waals surface area contributed by atoms with Crippen LogP contribution in [0.5, 0.6) is 5.75 Å². The van der Waals surface area contributed by atoms with Crippen molar-refractivity contribution in [1.82, 2.24) is 0 Å². The molecule has 0 bridgehead atoms. The Bertz CT molecular complexity index is 619. The number of amides is 1.